The first-order valence-corrected chi connectivity index (χ1v) is 10.5. The Hall–Kier alpha value is -3.93. The average Bonchev–Trinajstić information content (AvgIpc) is 3.29. The van der Waals surface area contributed by atoms with Crippen LogP contribution in [0.1, 0.15) is 0 Å². The first kappa shape index (κ1) is 22.3. The van der Waals surface area contributed by atoms with Gasteiger partial charge in [0.05, 0.1) is 37.5 Å². The summed E-state index contributed by atoms with van der Waals surface area (Å²) >= 11 is 0.943. The number of nitrogens with one attached hydrogen (secondary N) is 2. The summed E-state index contributed by atoms with van der Waals surface area (Å²) in [5.74, 6) is -1.74. The summed E-state index contributed by atoms with van der Waals surface area (Å²) in [6, 6.07) is 7.97. The SMILES string of the molecule is COc1ccc(NC(=O)CSc2nc3[nH]ncc3c(=O)n2-c2ccc(F)c(F)c2)c(OC)c1. The summed E-state index contributed by atoms with van der Waals surface area (Å²) in [6.07, 6.45) is 1.29. The molecule has 0 aliphatic rings. The molecule has 12 heteroatoms. The number of ether oxygens (including phenoxy) is 2. The summed E-state index contributed by atoms with van der Waals surface area (Å²) in [4.78, 5) is 29.9. The Balaban J connectivity index is 1.63. The molecule has 9 nitrogen and oxygen atoms in total. The number of carbonyl (C=O) groups is 1. The Labute approximate surface area is 189 Å². The van der Waals surface area contributed by atoms with Gasteiger partial charge in [0, 0.05) is 12.1 Å². The van der Waals surface area contributed by atoms with Gasteiger partial charge in [-0.05, 0) is 24.3 Å². The fourth-order valence-electron chi connectivity index (χ4n) is 3.04. The quantitative estimate of drug-likeness (QED) is 0.313. The highest BCUT2D eigenvalue weighted by molar-refractivity contribution is 7.99. The second-order valence-corrected chi connectivity index (χ2v) is 7.61. The molecule has 1 amide bonds. The third-order valence-corrected chi connectivity index (χ3v) is 5.57. The van der Waals surface area contributed by atoms with Crippen LogP contribution in [0, 0.1) is 11.6 Å². The molecule has 0 radical (unpaired) electrons. The van der Waals surface area contributed by atoms with Gasteiger partial charge >= 0.3 is 0 Å². The first-order valence-electron chi connectivity index (χ1n) is 9.47. The van der Waals surface area contributed by atoms with Crippen LogP contribution in [-0.4, -0.2) is 45.6 Å². The molecule has 0 spiro atoms. The number of rotatable bonds is 7. The number of thioether (sulfide) groups is 1. The zero-order valence-corrected chi connectivity index (χ0v) is 18.2. The largest absolute Gasteiger partial charge is 0.497 e. The number of aromatic amines is 1. The van der Waals surface area contributed by atoms with Crippen LogP contribution >= 0.6 is 11.8 Å². The van der Waals surface area contributed by atoms with Crippen molar-refractivity contribution in [3.63, 3.8) is 0 Å². The van der Waals surface area contributed by atoms with Gasteiger partial charge in [-0.3, -0.25) is 19.3 Å². The maximum absolute atomic E-state index is 13.8. The number of methoxy groups -OCH3 is 2. The molecule has 4 aromatic rings. The Morgan fingerprint density at radius 3 is 2.70 bits per heavy atom. The molecule has 170 valence electrons. The predicted octanol–water partition coefficient (Wildman–Crippen LogP) is 3.14. The topological polar surface area (TPSA) is 111 Å². The molecule has 2 heterocycles. The minimum absolute atomic E-state index is 0.0641. The number of anilines is 1. The van der Waals surface area contributed by atoms with E-state index in [0.717, 1.165) is 28.5 Å². The number of fused-ring (bicyclic) bond motifs is 1. The van der Waals surface area contributed by atoms with E-state index in [4.69, 9.17) is 9.47 Å². The molecule has 0 saturated heterocycles. The van der Waals surface area contributed by atoms with Gasteiger partial charge < -0.3 is 14.8 Å². The monoisotopic (exact) mass is 473 g/mol. The number of aromatic nitrogens is 4. The van der Waals surface area contributed by atoms with Crippen molar-refractivity contribution in [1.82, 2.24) is 19.7 Å². The Kier molecular flexibility index (Phi) is 6.27. The summed E-state index contributed by atoms with van der Waals surface area (Å²) < 4.78 is 38.8. The van der Waals surface area contributed by atoms with Crippen LogP contribution in [-0.2, 0) is 4.79 Å². The molecule has 2 aromatic heterocycles. The zero-order chi connectivity index (χ0) is 23.5. The summed E-state index contributed by atoms with van der Waals surface area (Å²) in [5, 5.41) is 9.39. The van der Waals surface area contributed by atoms with Gasteiger partial charge in [0.15, 0.2) is 22.4 Å². The molecule has 0 aliphatic carbocycles. The van der Waals surface area contributed by atoms with Crippen molar-refractivity contribution in [3.8, 4) is 17.2 Å². The molecule has 2 aromatic carbocycles. The summed E-state index contributed by atoms with van der Waals surface area (Å²) in [5.41, 5.74) is 0.158. The first-order chi connectivity index (χ1) is 15.9. The van der Waals surface area contributed by atoms with Gasteiger partial charge in [0.2, 0.25) is 5.91 Å². The second-order valence-electron chi connectivity index (χ2n) is 6.67. The van der Waals surface area contributed by atoms with Gasteiger partial charge in [-0.1, -0.05) is 11.8 Å². The number of nitrogens with zero attached hydrogens (tertiary/aromatic N) is 3. The number of benzene rings is 2. The van der Waals surface area contributed by atoms with Crippen LogP contribution in [0.4, 0.5) is 14.5 Å². The fourth-order valence-corrected chi connectivity index (χ4v) is 3.85. The summed E-state index contributed by atoms with van der Waals surface area (Å²) in [7, 11) is 2.98. The smallest absolute Gasteiger partial charge is 0.269 e. The molecule has 0 atom stereocenters. The third kappa shape index (κ3) is 4.51. The van der Waals surface area contributed by atoms with E-state index in [-0.39, 0.29) is 27.6 Å². The van der Waals surface area contributed by atoms with Crippen LogP contribution in [0.15, 0.2) is 52.5 Å². The van der Waals surface area contributed by atoms with Gasteiger partial charge in [-0.2, -0.15) is 5.10 Å². The van der Waals surface area contributed by atoms with Crippen molar-refractivity contribution < 1.29 is 23.0 Å². The fraction of sp³-hybridized carbons (Fsp3) is 0.143. The van der Waals surface area contributed by atoms with Crippen molar-refractivity contribution in [2.75, 3.05) is 25.3 Å². The lowest BCUT2D eigenvalue weighted by molar-refractivity contribution is -0.113. The number of carbonyl (C=O) groups excluding carboxylic acids is 1. The van der Waals surface area contributed by atoms with Gasteiger partial charge in [0.25, 0.3) is 5.56 Å². The van der Waals surface area contributed by atoms with E-state index < -0.39 is 23.1 Å². The normalized spacial score (nSPS) is 10.9. The number of hydrogen-bond acceptors (Lipinski definition) is 7. The average molecular weight is 473 g/mol. The van der Waals surface area contributed by atoms with Crippen molar-refractivity contribution in [2.24, 2.45) is 0 Å². The Morgan fingerprint density at radius 2 is 1.97 bits per heavy atom. The number of hydrogen-bond donors (Lipinski definition) is 2. The van der Waals surface area contributed by atoms with E-state index >= 15 is 0 Å². The molecule has 0 bridgehead atoms. The molecular formula is C21H17F2N5O4S. The molecule has 0 unspecified atom stereocenters. The van der Waals surface area contributed by atoms with Crippen molar-refractivity contribution >= 4 is 34.4 Å². The highest BCUT2D eigenvalue weighted by Gasteiger charge is 2.18. The lowest BCUT2D eigenvalue weighted by Crippen LogP contribution is -2.23. The van der Waals surface area contributed by atoms with Gasteiger partial charge in [-0.25, -0.2) is 13.8 Å². The second kappa shape index (κ2) is 9.28. The molecular weight excluding hydrogens is 456 g/mol. The van der Waals surface area contributed by atoms with Crippen molar-refractivity contribution in [3.05, 3.63) is 64.6 Å². The summed E-state index contributed by atoms with van der Waals surface area (Å²) in [6.45, 7) is 0. The van der Waals surface area contributed by atoms with E-state index in [1.807, 2.05) is 0 Å². The minimum atomic E-state index is -1.12. The Morgan fingerprint density at radius 1 is 1.15 bits per heavy atom. The zero-order valence-electron chi connectivity index (χ0n) is 17.4. The molecule has 0 saturated carbocycles. The highest BCUT2D eigenvalue weighted by atomic mass is 32.2. The van der Waals surface area contributed by atoms with Crippen LogP contribution in [0.25, 0.3) is 16.7 Å². The maximum Gasteiger partial charge on any atom is 0.269 e. The third-order valence-electron chi connectivity index (χ3n) is 4.63. The standard InChI is InChI=1S/C21H17F2N5O4S/c1-31-12-4-6-16(17(8-12)32-2)25-18(29)10-33-21-26-19-13(9-24-27-19)20(30)28(21)11-3-5-14(22)15(23)7-11/h3-9H,10H2,1-2H3,(H,24,27)(H,25,29). The van der Waals surface area contributed by atoms with E-state index in [0.29, 0.717) is 17.2 Å². The van der Waals surface area contributed by atoms with E-state index in [2.05, 4.69) is 20.5 Å². The van der Waals surface area contributed by atoms with Crippen molar-refractivity contribution in [1.29, 1.82) is 0 Å². The molecule has 4 rings (SSSR count). The Bertz CT molecular complexity index is 1410. The molecule has 2 N–H and O–H groups in total. The highest BCUT2D eigenvalue weighted by Crippen LogP contribution is 2.29. The maximum atomic E-state index is 13.8. The molecule has 0 fully saturated rings. The number of amides is 1. The van der Waals surface area contributed by atoms with E-state index in [1.165, 1.54) is 26.5 Å². The van der Waals surface area contributed by atoms with Crippen LogP contribution < -0.4 is 20.3 Å². The molecule has 33 heavy (non-hydrogen) atoms. The van der Waals surface area contributed by atoms with Gasteiger partial charge in [-0.15, -0.1) is 0 Å². The van der Waals surface area contributed by atoms with Crippen LogP contribution in [0.3, 0.4) is 0 Å². The number of halogens is 2. The predicted molar refractivity (Wildman–Crippen MR) is 118 cm³/mol. The number of H-pyrrole nitrogens is 1. The lowest BCUT2D eigenvalue weighted by atomic mass is 10.2. The van der Waals surface area contributed by atoms with Gasteiger partial charge in [0.1, 0.15) is 16.9 Å². The molecule has 0 aliphatic heterocycles. The van der Waals surface area contributed by atoms with E-state index in [9.17, 15) is 18.4 Å². The lowest BCUT2D eigenvalue weighted by Gasteiger charge is -2.13. The van der Waals surface area contributed by atoms with Crippen LogP contribution in [0.2, 0.25) is 0 Å². The van der Waals surface area contributed by atoms with Crippen molar-refractivity contribution in [2.45, 2.75) is 5.16 Å². The minimum Gasteiger partial charge on any atom is -0.497 e. The van der Waals surface area contributed by atoms with E-state index in [1.54, 1.807) is 18.2 Å². The van der Waals surface area contributed by atoms with Crippen LogP contribution in [0.5, 0.6) is 11.5 Å².